The quantitative estimate of drug-likeness (QED) is 0.488. The number of nitrogens with one attached hydrogen (secondary N) is 1. The summed E-state index contributed by atoms with van der Waals surface area (Å²) in [7, 11) is 0. The predicted octanol–water partition coefficient (Wildman–Crippen LogP) is 2.52. The Morgan fingerprint density at radius 3 is 2.63 bits per heavy atom. The Hall–Kier alpha value is -1.55. The number of carbonyl (C=O) groups is 1. The molecule has 106 valence electrons. The van der Waals surface area contributed by atoms with Crippen molar-refractivity contribution >= 4 is 5.91 Å². The maximum Gasteiger partial charge on any atom is 0.274 e. The SMILES string of the molecule is CCCC(Oc1cccc(C(C)(C)C)c1)C(=O)NN. The van der Waals surface area contributed by atoms with E-state index in [4.69, 9.17) is 10.6 Å². The van der Waals surface area contributed by atoms with Gasteiger partial charge in [-0.3, -0.25) is 10.2 Å². The minimum Gasteiger partial charge on any atom is -0.481 e. The highest BCUT2D eigenvalue weighted by molar-refractivity contribution is 5.80. The summed E-state index contributed by atoms with van der Waals surface area (Å²) >= 11 is 0. The smallest absolute Gasteiger partial charge is 0.274 e. The van der Waals surface area contributed by atoms with E-state index in [1.807, 2.05) is 25.1 Å². The number of nitrogens with two attached hydrogens (primary N) is 1. The molecule has 0 saturated heterocycles. The fraction of sp³-hybridized carbons (Fsp3) is 0.533. The molecule has 1 rings (SSSR count). The summed E-state index contributed by atoms with van der Waals surface area (Å²) in [6.45, 7) is 8.43. The van der Waals surface area contributed by atoms with Crippen LogP contribution in [0.25, 0.3) is 0 Å². The van der Waals surface area contributed by atoms with Crippen molar-refractivity contribution < 1.29 is 9.53 Å². The van der Waals surface area contributed by atoms with Crippen LogP contribution in [0.1, 0.15) is 46.1 Å². The molecule has 0 radical (unpaired) electrons. The molecule has 0 aliphatic heterocycles. The molecule has 4 heteroatoms. The molecule has 3 N–H and O–H groups in total. The molecule has 1 aromatic carbocycles. The van der Waals surface area contributed by atoms with Crippen molar-refractivity contribution in [2.75, 3.05) is 0 Å². The van der Waals surface area contributed by atoms with Crippen LogP contribution in [0, 0.1) is 0 Å². The molecule has 0 aliphatic carbocycles. The molecule has 4 nitrogen and oxygen atoms in total. The first-order chi connectivity index (χ1) is 8.88. The number of hydrogen-bond acceptors (Lipinski definition) is 3. The normalized spacial score (nSPS) is 12.9. The van der Waals surface area contributed by atoms with Gasteiger partial charge in [-0.1, -0.05) is 46.2 Å². The number of rotatable bonds is 5. The number of hydrazine groups is 1. The fourth-order valence-electron chi connectivity index (χ4n) is 1.80. The number of amides is 1. The molecule has 19 heavy (non-hydrogen) atoms. The second kappa shape index (κ2) is 6.57. The predicted molar refractivity (Wildman–Crippen MR) is 76.8 cm³/mol. The Morgan fingerprint density at radius 1 is 1.42 bits per heavy atom. The van der Waals surface area contributed by atoms with Gasteiger partial charge in [0.05, 0.1) is 0 Å². The van der Waals surface area contributed by atoms with Crippen LogP contribution < -0.4 is 16.0 Å². The number of benzene rings is 1. The third kappa shape index (κ3) is 4.56. The Balaban J connectivity index is 2.88. The number of ether oxygens (including phenoxy) is 1. The lowest BCUT2D eigenvalue weighted by Crippen LogP contribution is -2.42. The third-order valence-electron chi connectivity index (χ3n) is 2.96. The molecule has 0 saturated carbocycles. The zero-order valence-electron chi connectivity index (χ0n) is 12.2. The van der Waals surface area contributed by atoms with Gasteiger partial charge < -0.3 is 4.74 Å². The molecule has 0 bridgehead atoms. The topological polar surface area (TPSA) is 64.3 Å². The van der Waals surface area contributed by atoms with Crippen LogP contribution in [0.2, 0.25) is 0 Å². The van der Waals surface area contributed by atoms with Gasteiger partial charge in [-0.25, -0.2) is 5.84 Å². The largest absolute Gasteiger partial charge is 0.481 e. The second-order valence-electron chi connectivity index (χ2n) is 5.68. The Morgan fingerprint density at radius 2 is 2.11 bits per heavy atom. The molecule has 1 unspecified atom stereocenters. The van der Waals surface area contributed by atoms with Crippen LogP contribution in [-0.2, 0) is 10.2 Å². The van der Waals surface area contributed by atoms with Gasteiger partial charge in [0.25, 0.3) is 5.91 Å². The average Bonchev–Trinajstić information content (AvgIpc) is 2.36. The van der Waals surface area contributed by atoms with Crippen molar-refractivity contribution in [3.8, 4) is 5.75 Å². The summed E-state index contributed by atoms with van der Waals surface area (Å²) in [6, 6.07) is 7.85. The summed E-state index contributed by atoms with van der Waals surface area (Å²) in [5, 5.41) is 0. The van der Waals surface area contributed by atoms with E-state index in [0.29, 0.717) is 12.2 Å². The minimum absolute atomic E-state index is 0.0513. The third-order valence-corrected chi connectivity index (χ3v) is 2.96. The van der Waals surface area contributed by atoms with Gasteiger partial charge in [0.2, 0.25) is 0 Å². The molecule has 0 aromatic heterocycles. The zero-order valence-corrected chi connectivity index (χ0v) is 12.2. The van der Waals surface area contributed by atoms with E-state index in [1.54, 1.807) is 0 Å². The summed E-state index contributed by atoms with van der Waals surface area (Å²) < 4.78 is 5.75. The molecule has 1 amide bonds. The molecule has 0 heterocycles. The Labute approximate surface area is 115 Å². The van der Waals surface area contributed by atoms with E-state index in [1.165, 1.54) is 5.56 Å². The van der Waals surface area contributed by atoms with Gasteiger partial charge in [0.1, 0.15) is 5.75 Å². The number of carbonyl (C=O) groups excluding carboxylic acids is 1. The monoisotopic (exact) mass is 264 g/mol. The molecule has 0 fully saturated rings. The van der Waals surface area contributed by atoms with Crippen LogP contribution in [0.15, 0.2) is 24.3 Å². The van der Waals surface area contributed by atoms with Crippen LogP contribution in [0.3, 0.4) is 0 Å². The van der Waals surface area contributed by atoms with Gasteiger partial charge in [-0.05, 0) is 29.5 Å². The Bertz CT molecular complexity index is 424. The maximum absolute atomic E-state index is 11.6. The molecular formula is C15H24N2O2. The van der Waals surface area contributed by atoms with Crippen molar-refractivity contribution in [3.63, 3.8) is 0 Å². The highest BCUT2D eigenvalue weighted by atomic mass is 16.5. The summed E-state index contributed by atoms with van der Waals surface area (Å²) in [6.07, 6.45) is 0.963. The van der Waals surface area contributed by atoms with Crippen molar-refractivity contribution in [1.29, 1.82) is 0 Å². The lowest BCUT2D eigenvalue weighted by Gasteiger charge is -2.21. The first kappa shape index (κ1) is 15.5. The van der Waals surface area contributed by atoms with E-state index >= 15 is 0 Å². The van der Waals surface area contributed by atoms with E-state index in [9.17, 15) is 4.79 Å². The molecule has 1 aromatic rings. The van der Waals surface area contributed by atoms with Crippen LogP contribution in [0.5, 0.6) is 5.75 Å². The fourth-order valence-corrected chi connectivity index (χ4v) is 1.80. The van der Waals surface area contributed by atoms with Gasteiger partial charge in [0.15, 0.2) is 6.10 Å². The summed E-state index contributed by atoms with van der Waals surface area (Å²) in [4.78, 5) is 11.6. The molecule has 0 spiro atoms. The standard InChI is InChI=1S/C15H24N2O2/c1-5-7-13(14(18)17-16)19-12-9-6-8-11(10-12)15(2,3)4/h6,8-10,13H,5,7,16H2,1-4H3,(H,17,18). The van der Waals surface area contributed by atoms with Gasteiger partial charge in [0, 0.05) is 0 Å². The van der Waals surface area contributed by atoms with Crippen LogP contribution >= 0.6 is 0 Å². The van der Waals surface area contributed by atoms with Crippen LogP contribution in [-0.4, -0.2) is 12.0 Å². The zero-order chi connectivity index (χ0) is 14.5. The first-order valence-electron chi connectivity index (χ1n) is 6.66. The van der Waals surface area contributed by atoms with Crippen molar-refractivity contribution in [2.45, 2.75) is 52.1 Å². The minimum atomic E-state index is -0.537. The first-order valence-corrected chi connectivity index (χ1v) is 6.66. The summed E-state index contributed by atoms with van der Waals surface area (Å²) in [5.74, 6) is 5.59. The van der Waals surface area contributed by atoms with E-state index in [2.05, 4.69) is 32.3 Å². The van der Waals surface area contributed by atoms with Gasteiger partial charge >= 0.3 is 0 Å². The van der Waals surface area contributed by atoms with Gasteiger partial charge in [-0.15, -0.1) is 0 Å². The second-order valence-corrected chi connectivity index (χ2v) is 5.68. The highest BCUT2D eigenvalue weighted by Crippen LogP contribution is 2.26. The van der Waals surface area contributed by atoms with Crippen LogP contribution in [0.4, 0.5) is 0 Å². The van der Waals surface area contributed by atoms with Gasteiger partial charge in [-0.2, -0.15) is 0 Å². The molecule has 0 aliphatic rings. The summed E-state index contributed by atoms with van der Waals surface area (Å²) in [5.41, 5.74) is 3.38. The molecular weight excluding hydrogens is 240 g/mol. The van der Waals surface area contributed by atoms with Crippen molar-refractivity contribution in [2.24, 2.45) is 5.84 Å². The van der Waals surface area contributed by atoms with E-state index in [-0.39, 0.29) is 11.3 Å². The van der Waals surface area contributed by atoms with E-state index < -0.39 is 6.10 Å². The lowest BCUT2D eigenvalue weighted by atomic mass is 9.87. The highest BCUT2D eigenvalue weighted by Gasteiger charge is 2.20. The van der Waals surface area contributed by atoms with Crippen molar-refractivity contribution in [3.05, 3.63) is 29.8 Å². The Kier molecular flexibility index (Phi) is 5.36. The maximum atomic E-state index is 11.6. The average molecular weight is 264 g/mol. The van der Waals surface area contributed by atoms with Crippen molar-refractivity contribution in [1.82, 2.24) is 5.43 Å². The lowest BCUT2D eigenvalue weighted by molar-refractivity contribution is -0.128. The number of hydrogen-bond donors (Lipinski definition) is 2. The van der Waals surface area contributed by atoms with E-state index in [0.717, 1.165) is 6.42 Å². The molecule has 1 atom stereocenters.